The Labute approximate surface area is 105 Å². The van der Waals surface area contributed by atoms with Crippen molar-refractivity contribution < 1.29 is 13.2 Å². The molecule has 0 N–H and O–H groups in total. The maximum atomic E-state index is 11.8. The third-order valence-electron chi connectivity index (χ3n) is 2.06. The number of sulfonamides is 1. The molecule has 0 saturated carbocycles. The van der Waals surface area contributed by atoms with Crippen molar-refractivity contribution in [2.75, 3.05) is 6.61 Å². The Morgan fingerprint density at radius 1 is 1.35 bits per heavy atom. The molecule has 0 aliphatic carbocycles. The molecule has 92 valence electrons. The molecule has 1 heterocycles. The van der Waals surface area contributed by atoms with Crippen LogP contribution in [-0.2, 0) is 14.8 Å². The topological polar surface area (TPSA) is 55.7 Å². The molecule has 4 nitrogen and oxygen atoms in total. The first-order valence-electron chi connectivity index (χ1n) is 5.23. The van der Waals surface area contributed by atoms with Crippen molar-refractivity contribution in [2.24, 2.45) is 10.3 Å². The van der Waals surface area contributed by atoms with Crippen LogP contribution in [-0.4, -0.2) is 20.3 Å². The Morgan fingerprint density at radius 3 is 2.76 bits per heavy atom. The van der Waals surface area contributed by atoms with Crippen molar-refractivity contribution in [3.8, 4) is 0 Å². The van der Waals surface area contributed by atoms with E-state index in [1.165, 1.54) is 11.8 Å². The fraction of sp³-hybridized carbons (Fsp3) is 0.364. The van der Waals surface area contributed by atoms with Crippen molar-refractivity contribution in [1.29, 1.82) is 0 Å². The Bertz CT molecular complexity index is 550. The molecule has 1 aromatic rings. The van der Waals surface area contributed by atoms with Crippen LogP contribution in [0.4, 0.5) is 0 Å². The van der Waals surface area contributed by atoms with Crippen LogP contribution >= 0.6 is 11.8 Å². The van der Waals surface area contributed by atoms with Gasteiger partial charge in [0, 0.05) is 4.90 Å². The predicted octanol–water partition coefficient (Wildman–Crippen LogP) is 2.51. The number of nitrogens with zero attached hydrogens (tertiary/aromatic N) is 1. The first-order valence-corrected chi connectivity index (χ1v) is 7.49. The van der Waals surface area contributed by atoms with Crippen molar-refractivity contribution in [3.63, 3.8) is 0 Å². The van der Waals surface area contributed by atoms with E-state index in [0.717, 1.165) is 0 Å². The molecule has 0 bridgehead atoms. The van der Waals surface area contributed by atoms with E-state index in [1.807, 2.05) is 13.8 Å². The molecule has 1 aromatic carbocycles. The molecule has 0 unspecified atom stereocenters. The summed E-state index contributed by atoms with van der Waals surface area (Å²) < 4.78 is 32.7. The summed E-state index contributed by atoms with van der Waals surface area (Å²) in [6.45, 7) is 4.45. The molecule has 0 amide bonds. The molecule has 0 aromatic heterocycles. The van der Waals surface area contributed by atoms with Gasteiger partial charge in [-0.05, 0) is 29.8 Å². The summed E-state index contributed by atoms with van der Waals surface area (Å²) in [5.41, 5.74) is 0. The zero-order valence-corrected chi connectivity index (χ0v) is 11.2. The number of fused-ring (bicyclic) bond motifs is 1. The lowest BCUT2D eigenvalue weighted by atomic mass is 10.2. The van der Waals surface area contributed by atoms with Gasteiger partial charge >= 0.3 is 0 Å². The minimum absolute atomic E-state index is 0.206. The van der Waals surface area contributed by atoms with Crippen molar-refractivity contribution in [2.45, 2.75) is 23.6 Å². The van der Waals surface area contributed by atoms with Gasteiger partial charge in [-0.2, -0.15) is 8.42 Å². The van der Waals surface area contributed by atoms with Gasteiger partial charge in [0.2, 0.25) is 0 Å². The predicted molar refractivity (Wildman–Crippen MR) is 67.7 cm³/mol. The Balaban J connectivity index is 2.29. The van der Waals surface area contributed by atoms with E-state index in [1.54, 1.807) is 24.3 Å². The van der Waals surface area contributed by atoms with Crippen LogP contribution in [0.25, 0.3) is 0 Å². The van der Waals surface area contributed by atoms with Gasteiger partial charge < -0.3 is 4.74 Å². The highest BCUT2D eigenvalue weighted by atomic mass is 32.2. The Hall–Kier alpha value is -1.01. The highest BCUT2D eigenvalue weighted by molar-refractivity contribution is 8.15. The third-order valence-corrected chi connectivity index (χ3v) is 4.58. The van der Waals surface area contributed by atoms with E-state index < -0.39 is 10.0 Å². The zero-order chi connectivity index (χ0) is 12.5. The second-order valence-corrected chi connectivity index (χ2v) is 6.65. The summed E-state index contributed by atoms with van der Waals surface area (Å²) in [5.74, 6) is 0.332. The van der Waals surface area contributed by atoms with E-state index >= 15 is 0 Å². The largest absolute Gasteiger partial charge is 0.472 e. The van der Waals surface area contributed by atoms with Gasteiger partial charge in [-0.3, -0.25) is 0 Å². The molecular weight excluding hydrogens is 258 g/mol. The lowest BCUT2D eigenvalue weighted by molar-refractivity contribution is 0.267. The molecule has 0 radical (unpaired) electrons. The third kappa shape index (κ3) is 2.81. The fourth-order valence-electron chi connectivity index (χ4n) is 1.30. The van der Waals surface area contributed by atoms with E-state index in [9.17, 15) is 8.42 Å². The van der Waals surface area contributed by atoms with Crippen molar-refractivity contribution in [3.05, 3.63) is 24.3 Å². The number of rotatable bonds is 2. The van der Waals surface area contributed by atoms with Gasteiger partial charge in [-0.1, -0.05) is 26.0 Å². The Kier molecular flexibility index (Phi) is 3.44. The van der Waals surface area contributed by atoms with Crippen molar-refractivity contribution in [1.82, 2.24) is 0 Å². The van der Waals surface area contributed by atoms with Crippen LogP contribution in [0, 0.1) is 5.92 Å². The number of ether oxygens (including phenoxy) is 1. The molecular formula is C11H13NO3S2. The number of hydrogen-bond donors (Lipinski definition) is 0. The summed E-state index contributed by atoms with van der Waals surface area (Å²) in [4.78, 5) is 0.920. The first-order chi connectivity index (χ1) is 7.99. The summed E-state index contributed by atoms with van der Waals surface area (Å²) in [7, 11) is -3.60. The average Bonchev–Trinajstić information content (AvgIpc) is 2.25. The highest BCUT2D eigenvalue weighted by Gasteiger charge is 2.26. The van der Waals surface area contributed by atoms with Crippen LogP contribution in [0.2, 0.25) is 0 Å². The normalized spacial score (nSPS) is 17.5. The minimum Gasteiger partial charge on any atom is -0.472 e. The van der Waals surface area contributed by atoms with E-state index in [4.69, 9.17) is 4.74 Å². The molecule has 1 aliphatic heterocycles. The molecule has 6 heteroatoms. The summed E-state index contributed by atoms with van der Waals surface area (Å²) in [6.07, 6.45) is 0. The van der Waals surface area contributed by atoms with Gasteiger partial charge in [0.25, 0.3) is 15.3 Å². The first kappa shape index (κ1) is 12.4. The number of benzene rings is 1. The molecule has 0 saturated heterocycles. The highest BCUT2D eigenvalue weighted by Crippen LogP contribution is 2.34. The molecule has 0 atom stereocenters. The number of hydrogen-bond acceptors (Lipinski definition) is 4. The van der Waals surface area contributed by atoms with Gasteiger partial charge in [-0.25, -0.2) is 0 Å². The smallest absolute Gasteiger partial charge is 0.287 e. The second-order valence-electron chi connectivity index (χ2n) is 4.09. The van der Waals surface area contributed by atoms with Gasteiger partial charge in [0.1, 0.15) is 4.90 Å². The average molecular weight is 271 g/mol. The maximum absolute atomic E-state index is 11.8. The van der Waals surface area contributed by atoms with Gasteiger partial charge in [0.05, 0.1) is 6.61 Å². The summed E-state index contributed by atoms with van der Waals surface area (Å²) in [5, 5.41) is 0.206. The monoisotopic (exact) mass is 271 g/mol. The minimum atomic E-state index is -3.60. The van der Waals surface area contributed by atoms with E-state index in [0.29, 0.717) is 17.4 Å². The summed E-state index contributed by atoms with van der Waals surface area (Å²) >= 11 is 1.25. The van der Waals surface area contributed by atoms with Crippen LogP contribution in [0.15, 0.2) is 38.5 Å². The lowest BCUT2D eigenvalue weighted by Crippen LogP contribution is -2.14. The fourth-order valence-corrected chi connectivity index (χ4v) is 3.74. The lowest BCUT2D eigenvalue weighted by Gasteiger charge is -2.16. The maximum Gasteiger partial charge on any atom is 0.287 e. The SMILES string of the molecule is CC(C)COC1=NS(=O)(=O)c2ccccc2S1. The molecule has 2 rings (SSSR count). The second kappa shape index (κ2) is 4.70. The summed E-state index contributed by atoms with van der Waals surface area (Å²) in [6, 6.07) is 6.80. The van der Waals surface area contributed by atoms with Crippen molar-refractivity contribution >= 4 is 27.0 Å². The van der Waals surface area contributed by atoms with Crippen LogP contribution in [0.1, 0.15) is 13.8 Å². The quantitative estimate of drug-likeness (QED) is 0.829. The van der Waals surface area contributed by atoms with Gasteiger partial charge in [0.15, 0.2) is 0 Å². The standard InChI is InChI=1S/C11H13NO3S2/c1-8(2)7-15-11-12-17(13,14)10-6-4-3-5-9(10)16-11/h3-6,8H,7H2,1-2H3. The Morgan fingerprint density at radius 2 is 2.06 bits per heavy atom. The van der Waals surface area contributed by atoms with Gasteiger partial charge in [-0.15, -0.1) is 4.40 Å². The van der Waals surface area contributed by atoms with Crippen LogP contribution in [0.5, 0.6) is 0 Å². The molecule has 0 spiro atoms. The molecule has 0 fully saturated rings. The molecule has 17 heavy (non-hydrogen) atoms. The van der Waals surface area contributed by atoms with Crippen LogP contribution < -0.4 is 0 Å². The van der Waals surface area contributed by atoms with E-state index in [2.05, 4.69) is 4.40 Å². The zero-order valence-electron chi connectivity index (χ0n) is 9.58. The number of thioether (sulfide) groups is 1. The van der Waals surface area contributed by atoms with E-state index in [-0.39, 0.29) is 10.1 Å². The molecule has 1 aliphatic rings. The van der Waals surface area contributed by atoms with Crippen LogP contribution in [0.3, 0.4) is 0 Å².